The minimum atomic E-state index is -0.149. The lowest BCUT2D eigenvalue weighted by Gasteiger charge is -2.12. The van der Waals surface area contributed by atoms with Crippen molar-refractivity contribution in [1.29, 1.82) is 0 Å². The van der Waals surface area contributed by atoms with Crippen molar-refractivity contribution in [3.05, 3.63) is 58.6 Å². The molecule has 0 radical (unpaired) electrons. The first kappa shape index (κ1) is 20.1. The zero-order valence-corrected chi connectivity index (χ0v) is 15.8. The van der Waals surface area contributed by atoms with E-state index in [2.05, 4.69) is 5.32 Å². The SMILES string of the molecule is CCOCCCNC(=O)c1ccc(OCc2ccc(Cl)cc2)c(OC)c1. The van der Waals surface area contributed by atoms with Gasteiger partial charge in [-0.25, -0.2) is 0 Å². The molecular weight excluding hydrogens is 354 g/mol. The Labute approximate surface area is 159 Å². The highest BCUT2D eigenvalue weighted by molar-refractivity contribution is 6.30. The third kappa shape index (κ3) is 6.24. The van der Waals surface area contributed by atoms with E-state index >= 15 is 0 Å². The second-order valence-corrected chi connectivity index (χ2v) is 6.02. The number of amides is 1. The number of nitrogens with one attached hydrogen (secondary N) is 1. The van der Waals surface area contributed by atoms with Crippen LogP contribution < -0.4 is 14.8 Å². The highest BCUT2D eigenvalue weighted by atomic mass is 35.5. The van der Waals surface area contributed by atoms with Crippen LogP contribution in [0.15, 0.2) is 42.5 Å². The van der Waals surface area contributed by atoms with Gasteiger partial charge in [-0.3, -0.25) is 4.79 Å². The molecule has 0 unspecified atom stereocenters. The van der Waals surface area contributed by atoms with Gasteiger partial charge >= 0.3 is 0 Å². The van der Waals surface area contributed by atoms with Crippen molar-refractivity contribution < 1.29 is 19.0 Å². The van der Waals surface area contributed by atoms with Gasteiger partial charge in [0.05, 0.1) is 7.11 Å². The van der Waals surface area contributed by atoms with Crippen molar-refractivity contribution in [3.63, 3.8) is 0 Å². The summed E-state index contributed by atoms with van der Waals surface area (Å²) in [6, 6.07) is 12.6. The molecule has 1 amide bonds. The van der Waals surface area contributed by atoms with Crippen LogP contribution in [0, 0.1) is 0 Å². The first-order chi connectivity index (χ1) is 12.6. The molecule has 26 heavy (non-hydrogen) atoms. The predicted octanol–water partition coefficient (Wildman–Crippen LogP) is 4.08. The Morgan fingerprint density at radius 1 is 1.12 bits per heavy atom. The third-order valence-corrected chi connectivity index (χ3v) is 3.94. The summed E-state index contributed by atoms with van der Waals surface area (Å²) in [7, 11) is 1.55. The summed E-state index contributed by atoms with van der Waals surface area (Å²) in [5.41, 5.74) is 1.52. The van der Waals surface area contributed by atoms with Gasteiger partial charge in [0.2, 0.25) is 0 Å². The summed E-state index contributed by atoms with van der Waals surface area (Å²) in [6.07, 6.45) is 0.777. The van der Waals surface area contributed by atoms with Crippen molar-refractivity contribution in [2.24, 2.45) is 0 Å². The molecule has 0 saturated carbocycles. The number of rotatable bonds is 10. The number of benzene rings is 2. The molecule has 0 aliphatic carbocycles. The van der Waals surface area contributed by atoms with Crippen LogP contribution in [0.5, 0.6) is 11.5 Å². The second-order valence-electron chi connectivity index (χ2n) is 5.59. The summed E-state index contributed by atoms with van der Waals surface area (Å²) >= 11 is 5.88. The molecular formula is C20H24ClNO4. The summed E-state index contributed by atoms with van der Waals surface area (Å²) in [6.45, 7) is 4.22. The lowest BCUT2D eigenvalue weighted by atomic mass is 10.2. The molecule has 0 heterocycles. The van der Waals surface area contributed by atoms with Gasteiger partial charge in [-0.2, -0.15) is 0 Å². The molecule has 140 valence electrons. The number of hydrogen-bond donors (Lipinski definition) is 1. The summed E-state index contributed by atoms with van der Waals surface area (Å²) in [5.74, 6) is 0.945. The monoisotopic (exact) mass is 377 g/mol. The van der Waals surface area contributed by atoms with Crippen LogP contribution in [0.1, 0.15) is 29.3 Å². The first-order valence-corrected chi connectivity index (χ1v) is 8.93. The number of halogens is 1. The molecule has 2 aromatic rings. The molecule has 6 heteroatoms. The topological polar surface area (TPSA) is 56.8 Å². The van der Waals surface area contributed by atoms with Crippen LogP contribution in [0.25, 0.3) is 0 Å². The van der Waals surface area contributed by atoms with Crippen LogP contribution in [0.2, 0.25) is 5.02 Å². The van der Waals surface area contributed by atoms with E-state index in [1.807, 2.05) is 31.2 Å². The molecule has 2 aromatic carbocycles. The molecule has 0 aliphatic rings. The van der Waals surface area contributed by atoms with E-state index < -0.39 is 0 Å². The van der Waals surface area contributed by atoms with E-state index in [0.717, 1.165) is 12.0 Å². The van der Waals surface area contributed by atoms with Crippen LogP contribution in [-0.2, 0) is 11.3 Å². The van der Waals surface area contributed by atoms with Gasteiger partial charge in [-0.05, 0) is 49.2 Å². The Hall–Kier alpha value is -2.24. The van der Waals surface area contributed by atoms with Gasteiger partial charge in [0.15, 0.2) is 11.5 Å². The van der Waals surface area contributed by atoms with Gasteiger partial charge in [0.1, 0.15) is 6.61 Å². The smallest absolute Gasteiger partial charge is 0.251 e. The largest absolute Gasteiger partial charge is 0.493 e. The number of hydrogen-bond acceptors (Lipinski definition) is 4. The van der Waals surface area contributed by atoms with E-state index in [0.29, 0.717) is 48.5 Å². The molecule has 0 fully saturated rings. The Bertz CT molecular complexity index is 703. The van der Waals surface area contributed by atoms with E-state index in [1.54, 1.807) is 25.3 Å². The predicted molar refractivity (Wildman–Crippen MR) is 102 cm³/mol. The Kier molecular flexibility index (Phi) is 8.25. The van der Waals surface area contributed by atoms with E-state index in [-0.39, 0.29) is 5.91 Å². The van der Waals surface area contributed by atoms with Crippen molar-refractivity contribution in [3.8, 4) is 11.5 Å². The van der Waals surface area contributed by atoms with E-state index in [1.165, 1.54) is 0 Å². The standard InChI is InChI=1S/C20H24ClNO4/c1-3-25-12-4-11-22-20(23)16-7-10-18(19(13-16)24-2)26-14-15-5-8-17(21)9-6-15/h5-10,13H,3-4,11-12,14H2,1-2H3,(H,22,23). The van der Waals surface area contributed by atoms with Crippen LogP contribution in [-0.4, -0.2) is 32.8 Å². The van der Waals surface area contributed by atoms with Gasteiger partial charge in [-0.15, -0.1) is 0 Å². The van der Waals surface area contributed by atoms with Crippen molar-refractivity contribution in [2.75, 3.05) is 26.9 Å². The lowest BCUT2D eigenvalue weighted by Crippen LogP contribution is -2.25. The van der Waals surface area contributed by atoms with Crippen LogP contribution in [0.3, 0.4) is 0 Å². The molecule has 1 N–H and O–H groups in total. The quantitative estimate of drug-likeness (QED) is 0.634. The first-order valence-electron chi connectivity index (χ1n) is 8.55. The maximum absolute atomic E-state index is 12.2. The van der Waals surface area contributed by atoms with Crippen molar-refractivity contribution in [2.45, 2.75) is 20.0 Å². The third-order valence-electron chi connectivity index (χ3n) is 3.69. The molecule has 0 aromatic heterocycles. The summed E-state index contributed by atoms with van der Waals surface area (Å²) in [4.78, 5) is 12.2. The molecule has 0 spiro atoms. The minimum absolute atomic E-state index is 0.149. The summed E-state index contributed by atoms with van der Waals surface area (Å²) < 4.78 is 16.4. The van der Waals surface area contributed by atoms with E-state index in [9.17, 15) is 4.79 Å². The molecule has 0 aliphatic heterocycles. The average molecular weight is 378 g/mol. The molecule has 0 saturated heterocycles. The van der Waals surface area contributed by atoms with Gasteiger partial charge in [0.25, 0.3) is 5.91 Å². The summed E-state index contributed by atoms with van der Waals surface area (Å²) in [5, 5.41) is 3.55. The zero-order valence-electron chi connectivity index (χ0n) is 15.1. The highest BCUT2D eigenvalue weighted by Gasteiger charge is 2.11. The maximum atomic E-state index is 12.2. The Balaban J connectivity index is 1.93. The number of carbonyl (C=O) groups is 1. The van der Waals surface area contributed by atoms with Gasteiger partial charge in [0, 0.05) is 30.3 Å². The maximum Gasteiger partial charge on any atom is 0.251 e. The van der Waals surface area contributed by atoms with Crippen LogP contribution in [0.4, 0.5) is 0 Å². The molecule has 0 atom stereocenters. The fourth-order valence-corrected chi connectivity index (χ4v) is 2.42. The highest BCUT2D eigenvalue weighted by Crippen LogP contribution is 2.29. The van der Waals surface area contributed by atoms with Crippen molar-refractivity contribution >= 4 is 17.5 Å². The Morgan fingerprint density at radius 2 is 1.88 bits per heavy atom. The Morgan fingerprint density at radius 3 is 2.58 bits per heavy atom. The molecule has 5 nitrogen and oxygen atoms in total. The normalized spacial score (nSPS) is 10.4. The fraction of sp³-hybridized carbons (Fsp3) is 0.350. The zero-order chi connectivity index (χ0) is 18.8. The van der Waals surface area contributed by atoms with Crippen LogP contribution >= 0.6 is 11.6 Å². The number of ether oxygens (including phenoxy) is 3. The average Bonchev–Trinajstić information content (AvgIpc) is 2.67. The number of carbonyl (C=O) groups excluding carboxylic acids is 1. The number of methoxy groups -OCH3 is 1. The fourth-order valence-electron chi connectivity index (χ4n) is 2.29. The van der Waals surface area contributed by atoms with Crippen molar-refractivity contribution in [1.82, 2.24) is 5.32 Å². The van der Waals surface area contributed by atoms with Gasteiger partial charge < -0.3 is 19.5 Å². The lowest BCUT2D eigenvalue weighted by molar-refractivity contribution is 0.0944. The minimum Gasteiger partial charge on any atom is -0.493 e. The van der Waals surface area contributed by atoms with E-state index in [4.69, 9.17) is 25.8 Å². The van der Waals surface area contributed by atoms with Gasteiger partial charge in [-0.1, -0.05) is 23.7 Å². The second kappa shape index (κ2) is 10.7. The molecule has 0 bridgehead atoms. The molecule has 2 rings (SSSR count).